The van der Waals surface area contributed by atoms with E-state index < -0.39 is 8.07 Å². The summed E-state index contributed by atoms with van der Waals surface area (Å²) in [5.74, 6) is -0.379. The molecule has 3 rings (SSSR count). The fourth-order valence-electron chi connectivity index (χ4n) is 2.14. The second-order valence-electron chi connectivity index (χ2n) is 6.82. The van der Waals surface area contributed by atoms with Crippen LogP contribution in [0, 0.1) is 5.82 Å². The largest absolute Gasteiger partial charge is 0.359 e. The van der Waals surface area contributed by atoms with Crippen LogP contribution in [0.5, 0.6) is 0 Å². The van der Waals surface area contributed by atoms with Gasteiger partial charge in [0.2, 0.25) is 0 Å². The molecule has 0 atom stereocenters. The topological polar surface area (TPSA) is 65.7 Å². The van der Waals surface area contributed by atoms with Gasteiger partial charge in [-0.25, -0.2) is 19.0 Å². The lowest BCUT2D eigenvalue weighted by Gasteiger charge is -2.15. The molecule has 6 nitrogen and oxygen atoms in total. The van der Waals surface area contributed by atoms with E-state index in [1.807, 2.05) is 0 Å². The van der Waals surface area contributed by atoms with E-state index in [1.165, 1.54) is 6.07 Å². The van der Waals surface area contributed by atoms with Crippen LogP contribution in [0.1, 0.15) is 0 Å². The Labute approximate surface area is 140 Å². The normalized spacial score (nSPS) is 12.0. The fraction of sp³-hybridized carbons (Fsp3) is 0.375. The van der Waals surface area contributed by atoms with Gasteiger partial charge in [-0.05, 0) is 18.2 Å². The first-order chi connectivity index (χ1) is 11.4. The Bertz CT molecular complexity index is 829. The van der Waals surface area contributed by atoms with Crippen molar-refractivity contribution in [3.05, 3.63) is 36.5 Å². The van der Waals surface area contributed by atoms with Gasteiger partial charge in [0.1, 0.15) is 23.8 Å². The molecule has 0 radical (unpaired) electrons. The van der Waals surface area contributed by atoms with Crippen LogP contribution in [-0.2, 0) is 11.5 Å². The first-order valence-corrected chi connectivity index (χ1v) is 11.5. The lowest BCUT2D eigenvalue weighted by Crippen LogP contribution is -2.22. The van der Waals surface area contributed by atoms with Gasteiger partial charge in [-0.3, -0.25) is 4.98 Å². The lowest BCUT2D eigenvalue weighted by molar-refractivity contribution is 0.0813. The SMILES string of the molecule is C[Si](C)(C)CCOCn1ncc2nc(-c3ccc(F)cn3)cnc21. The summed E-state index contributed by atoms with van der Waals surface area (Å²) >= 11 is 0. The summed E-state index contributed by atoms with van der Waals surface area (Å²) in [6.07, 6.45) is 4.43. The highest BCUT2D eigenvalue weighted by atomic mass is 28.3. The van der Waals surface area contributed by atoms with Gasteiger partial charge in [-0.15, -0.1) is 0 Å². The zero-order valence-electron chi connectivity index (χ0n) is 14.0. The third-order valence-electron chi connectivity index (χ3n) is 3.54. The third-order valence-corrected chi connectivity index (χ3v) is 5.25. The molecular formula is C16H20FN5OSi. The molecule has 0 saturated heterocycles. The van der Waals surface area contributed by atoms with E-state index in [4.69, 9.17) is 4.74 Å². The predicted molar refractivity (Wildman–Crippen MR) is 92.6 cm³/mol. The van der Waals surface area contributed by atoms with Gasteiger partial charge >= 0.3 is 0 Å². The number of aromatic nitrogens is 5. The van der Waals surface area contributed by atoms with Crippen molar-refractivity contribution < 1.29 is 9.13 Å². The molecule has 3 heterocycles. The summed E-state index contributed by atoms with van der Waals surface area (Å²) in [5.41, 5.74) is 2.48. The number of rotatable bonds is 6. The van der Waals surface area contributed by atoms with Crippen LogP contribution < -0.4 is 0 Å². The van der Waals surface area contributed by atoms with E-state index in [1.54, 1.807) is 23.1 Å². The van der Waals surface area contributed by atoms with Crippen molar-refractivity contribution in [1.82, 2.24) is 24.7 Å². The van der Waals surface area contributed by atoms with Crippen molar-refractivity contribution in [2.24, 2.45) is 0 Å². The van der Waals surface area contributed by atoms with Crippen molar-refractivity contribution >= 4 is 19.2 Å². The molecule has 0 aliphatic rings. The maximum Gasteiger partial charge on any atom is 0.179 e. The molecule has 0 spiro atoms. The highest BCUT2D eigenvalue weighted by Gasteiger charge is 2.13. The smallest absolute Gasteiger partial charge is 0.179 e. The maximum absolute atomic E-state index is 13.0. The molecule has 0 aliphatic carbocycles. The summed E-state index contributed by atoms with van der Waals surface area (Å²) in [7, 11) is -1.10. The van der Waals surface area contributed by atoms with E-state index in [0.29, 0.717) is 29.3 Å². The molecule has 0 saturated carbocycles. The summed E-state index contributed by atoms with van der Waals surface area (Å²) in [4.78, 5) is 12.9. The van der Waals surface area contributed by atoms with Crippen LogP contribution >= 0.6 is 0 Å². The zero-order chi connectivity index (χ0) is 17.2. The predicted octanol–water partition coefficient (Wildman–Crippen LogP) is 3.34. The molecule has 24 heavy (non-hydrogen) atoms. The molecular weight excluding hydrogens is 325 g/mol. The Morgan fingerprint density at radius 3 is 2.62 bits per heavy atom. The van der Waals surface area contributed by atoms with Crippen molar-refractivity contribution in [3.63, 3.8) is 0 Å². The van der Waals surface area contributed by atoms with Crippen molar-refractivity contribution in [3.8, 4) is 11.4 Å². The van der Waals surface area contributed by atoms with Crippen LogP contribution in [0.15, 0.2) is 30.7 Å². The number of hydrogen-bond acceptors (Lipinski definition) is 5. The van der Waals surface area contributed by atoms with Gasteiger partial charge in [0, 0.05) is 14.7 Å². The average Bonchev–Trinajstić information content (AvgIpc) is 2.94. The Morgan fingerprint density at radius 1 is 1.08 bits per heavy atom. The van der Waals surface area contributed by atoms with Crippen molar-refractivity contribution in [1.29, 1.82) is 0 Å². The Morgan fingerprint density at radius 2 is 1.92 bits per heavy atom. The summed E-state index contributed by atoms with van der Waals surface area (Å²) in [6.45, 7) is 8.03. The number of ether oxygens (including phenoxy) is 1. The van der Waals surface area contributed by atoms with Gasteiger partial charge < -0.3 is 4.74 Å². The lowest BCUT2D eigenvalue weighted by atomic mass is 10.3. The molecule has 0 aliphatic heterocycles. The van der Waals surface area contributed by atoms with Crippen LogP contribution in [0.25, 0.3) is 22.6 Å². The van der Waals surface area contributed by atoms with Gasteiger partial charge in [-0.1, -0.05) is 19.6 Å². The highest BCUT2D eigenvalue weighted by Crippen LogP contribution is 2.17. The van der Waals surface area contributed by atoms with Crippen molar-refractivity contribution in [2.45, 2.75) is 32.4 Å². The minimum atomic E-state index is -1.10. The number of nitrogens with zero attached hydrogens (tertiary/aromatic N) is 5. The van der Waals surface area contributed by atoms with E-state index >= 15 is 0 Å². The minimum Gasteiger partial charge on any atom is -0.359 e. The summed E-state index contributed by atoms with van der Waals surface area (Å²) < 4.78 is 20.3. The molecule has 0 aromatic carbocycles. The number of halogens is 1. The highest BCUT2D eigenvalue weighted by molar-refractivity contribution is 6.76. The second kappa shape index (κ2) is 6.74. The van der Waals surface area contributed by atoms with Gasteiger partial charge in [0.15, 0.2) is 5.65 Å². The first-order valence-electron chi connectivity index (χ1n) is 7.81. The van der Waals surface area contributed by atoms with E-state index in [2.05, 4.69) is 39.7 Å². The number of pyridine rings is 1. The van der Waals surface area contributed by atoms with Crippen LogP contribution in [0.2, 0.25) is 25.7 Å². The monoisotopic (exact) mass is 345 g/mol. The van der Waals surface area contributed by atoms with Crippen molar-refractivity contribution in [2.75, 3.05) is 6.61 Å². The molecule has 126 valence electrons. The Kier molecular flexibility index (Phi) is 4.68. The minimum absolute atomic E-state index is 0.358. The standard InChI is InChI=1S/C16H20FN5OSi/c1-24(2,3)7-6-23-11-22-16-15(10-20-22)21-14(9-19-16)13-5-4-12(17)8-18-13/h4-5,8-10H,6-7,11H2,1-3H3. The van der Waals surface area contributed by atoms with E-state index in [-0.39, 0.29) is 5.82 Å². The fourth-order valence-corrected chi connectivity index (χ4v) is 2.89. The summed E-state index contributed by atoms with van der Waals surface area (Å²) in [5, 5.41) is 4.28. The van der Waals surface area contributed by atoms with E-state index in [0.717, 1.165) is 18.8 Å². The molecule has 0 unspecified atom stereocenters. The maximum atomic E-state index is 13.0. The van der Waals surface area contributed by atoms with Crippen LogP contribution in [0.3, 0.4) is 0 Å². The number of hydrogen-bond donors (Lipinski definition) is 0. The average molecular weight is 345 g/mol. The molecule has 3 aromatic rings. The zero-order valence-corrected chi connectivity index (χ0v) is 15.0. The van der Waals surface area contributed by atoms with Gasteiger partial charge in [0.25, 0.3) is 0 Å². The molecule has 0 bridgehead atoms. The van der Waals surface area contributed by atoms with Crippen LogP contribution in [0.4, 0.5) is 4.39 Å². The van der Waals surface area contributed by atoms with Crippen LogP contribution in [-0.4, -0.2) is 39.4 Å². The van der Waals surface area contributed by atoms with Gasteiger partial charge in [0.05, 0.1) is 24.3 Å². The Balaban J connectivity index is 1.73. The van der Waals surface area contributed by atoms with Gasteiger partial charge in [-0.2, -0.15) is 5.10 Å². The molecule has 0 N–H and O–H groups in total. The molecule has 0 fully saturated rings. The first kappa shape index (κ1) is 16.7. The Hall–Kier alpha value is -2.19. The molecule has 0 amide bonds. The third kappa shape index (κ3) is 4.01. The second-order valence-corrected chi connectivity index (χ2v) is 12.4. The number of fused-ring (bicyclic) bond motifs is 1. The summed E-state index contributed by atoms with van der Waals surface area (Å²) in [6, 6.07) is 4.04. The molecule has 8 heteroatoms. The van der Waals surface area contributed by atoms with E-state index in [9.17, 15) is 4.39 Å². The molecule has 3 aromatic heterocycles. The quantitative estimate of drug-likeness (QED) is 0.506.